The van der Waals surface area contributed by atoms with Crippen molar-refractivity contribution in [2.24, 2.45) is 12.0 Å². The largest absolute Gasteiger partial charge is 0.330 e. The van der Waals surface area contributed by atoms with Crippen LogP contribution < -0.4 is 10.6 Å². The van der Waals surface area contributed by atoms with Gasteiger partial charge in [0.25, 0.3) is 5.91 Å². The number of amides is 2. The number of imidazole rings is 1. The van der Waals surface area contributed by atoms with Crippen LogP contribution in [0.1, 0.15) is 33.2 Å². The molecule has 3 N–H and O–H groups in total. The Morgan fingerprint density at radius 3 is 2.85 bits per heavy atom. The standard InChI is InChI=1S/C24H21N7O2/c1-31-10-9-25-22(31)24(33)28-17-4-2-3-15(12-17)11-16-5-6-20-18(13-16)19(23(32)29-20)14-26-21-7-8-27-30-21/h2-10,12-14,19H,11H2,1H3,(H,27,30)(H,28,33)(H,29,32). The van der Waals surface area contributed by atoms with E-state index in [9.17, 15) is 9.59 Å². The molecule has 1 atom stereocenters. The molecule has 1 unspecified atom stereocenters. The molecule has 0 bridgehead atoms. The lowest BCUT2D eigenvalue weighted by Crippen LogP contribution is -2.16. The van der Waals surface area contributed by atoms with E-state index in [1.807, 2.05) is 42.5 Å². The van der Waals surface area contributed by atoms with Gasteiger partial charge in [0.15, 0.2) is 5.82 Å². The van der Waals surface area contributed by atoms with Gasteiger partial charge in [0, 0.05) is 43.1 Å². The number of rotatable bonds is 6. The fourth-order valence-electron chi connectivity index (χ4n) is 3.83. The first kappa shape index (κ1) is 20.4. The molecule has 9 heteroatoms. The topological polar surface area (TPSA) is 117 Å². The maximum absolute atomic E-state index is 12.5. The van der Waals surface area contributed by atoms with E-state index in [1.165, 1.54) is 0 Å². The minimum absolute atomic E-state index is 0.107. The van der Waals surface area contributed by atoms with E-state index >= 15 is 0 Å². The van der Waals surface area contributed by atoms with Gasteiger partial charge in [0.1, 0.15) is 11.7 Å². The van der Waals surface area contributed by atoms with E-state index in [1.54, 1.807) is 42.5 Å². The van der Waals surface area contributed by atoms with E-state index in [-0.39, 0.29) is 11.8 Å². The Labute approximate surface area is 189 Å². The number of aliphatic imine (C=N–C) groups is 1. The van der Waals surface area contributed by atoms with Gasteiger partial charge in [-0.25, -0.2) is 9.98 Å². The second kappa shape index (κ2) is 8.54. The number of aromatic amines is 1. The quantitative estimate of drug-likeness (QED) is 0.399. The second-order valence-corrected chi connectivity index (χ2v) is 7.80. The predicted octanol–water partition coefficient (Wildman–Crippen LogP) is 3.42. The lowest BCUT2D eigenvalue weighted by Gasteiger charge is -2.09. The number of hydrogen-bond donors (Lipinski definition) is 3. The summed E-state index contributed by atoms with van der Waals surface area (Å²) in [4.78, 5) is 33.3. The zero-order chi connectivity index (χ0) is 22.8. The highest BCUT2D eigenvalue weighted by atomic mass is 16.2. The van der Waals surface area contributed by atoms with Crippen LogP contribution in [0.25, 0.3) is 0 Å². The molecule has 0 saturated heterocycles. The fourth-order valence-corrected chi connectivity index (χ4v) is 3.83. The fraction of sp³-hybridized carbons (Fsp3) is 0.125. The van der Waals surface area contributed by atoms with Crippen molar-refractivity contribution in [2.75, 3.05) is 10.6 Å². The van der Waals surface area contributed by atoms with Crippen LogP contribution in [0.2, 0.25) is 0 Å². The lowest BCUT2D eigenvalue weighted by molar-refractivity contribution is -0.115. The van der Waals surface area contributed by atoms with Gasteiger partial charge in [0.2, 0.25) is 5.91 Å². The third-order valence-electron chi connectivity index (χ3n) is 5.46. The number of aromatic nitrogens is 4. The van der Waals surface area contributed by atoms with Gasteiger partial charge in [0.05, 0.1) is 6.20 Å². The van der Waals surface area contributed by atoms with Crippen molar-refractivity contribution in [2.45, 2.75) is 12.3 Å². The Morgan fingerprint density at radius 1 is 1.18 bits per heavy atom. The monoisotopic (exact) mass is 439 g/mol. The number of carbonyl (C=O) groups is 2. The summed E-state index contributed by atoms with van der Waals surface area (Å²) in [5.41, 5.74) is 4.47. The Kier molecular flexibility index (Phi) is 5.27. The first-order valence-corrected chi connectivity index (χ1v) is 10.4. The first-order valence-electron chi connectivity index (χ1n) is 10.4. The summed E-state index contributed by atoms with van der Waals surface area (Å²) in [6, 6.07) is 15.4. The summed E-state index contributed by atoms with van der Waals surface area (Å²) in [6.07, 6.45) is 7.21. The molecule has 2 amide bonds. The maximum atomic E-state index is 12.5. The van der Waals surface area contributed by atoms with Crippen LogP contribution in [-0.4, -0.2) is 37.8 Å². The summed E-state index contributed by atoms with van der Waals surface area (Å²) in [5, 5.41) is 12.4. The second-order valence-electron chi connectivity index (χ2n) is 7.80. The van der Waals surface area contributed by atoms with Gasteiger partial charge < -0.3 is 15.2 Å². The van der Waals surface area contributed by atoms with Crippen LogP contribution in [0.15, 0.2) is 72.1 Å². The van der Waals surface area contributed by atoms with Crippen LogP contribution >= 0.6 is 0 Å². The summed E-state index contributed by atoms with van der Waals surface area (Å²) in [6.45, 7) is 0. The highest BCUT2D eigenvalue weighted by Gasteiger charge is 2.29. The van der Waals surface area contributed by atoms with Crippen molar-refractivity contribution in [1.29, 1.82) is 0 Å². The highest BCUT2D eigenvalue weighted by Crippen LogP contribution is 2.33. The maximum Gasteiger partial charge on any atom is 0.291 e. The molecule has 1 aliphatic heterocycles. The first-order chi connectivity index (χ1) is 16.1. The summed E-state index contributed by atoms with van der Waals surface area (Å²) < 4.78 is 1.67. The van der Waals surface area contributed by atoms with Crippen molar-refractivity contribution in [3.8, 4) is 0 Å². The molecule has 2 aromatic heterocycles. The molecular weight excluding hydrogens is 418 g/mol. The molecular formula is C24H21N7O2. The van der Waals surface area contributed by atoms with Gasteiger partial charge in [-0.15, -0.1) is 0 Å². The van der Waals surface area contributed by atoms with E-state index in [0.717, 1.165) is 22.4 Å². The van der Waals surface area contributed by atoms with Gasteiger partial charge in [-0.05, 0) is 41.3 Å². The van der Waals surface area contributed by atoms with Crippen LogP contribution in [0.3, 0.4) is 0 Å². The number of nitrogens with one attached hydrogen (secondary N) is 3. The molecule has 0 saturated carbocycles. The average molecular weight is 439 g/mol. The van der Waals surface area contributed by atoms with Gasteiger partial charge in [-0.1, -0.05) is 24.3 Å². The van der Waals surface area contributed by atoms with Crippen LogP contribution in [0.5, 0.6) is 0 Å². The number of carbonyl (C=O) groups excluding carboxylic acids is 2. The zero-order valence-electron chi connectivity index (χ0n) is 17.8. The molecule has 0 aliphatic carbocycles. The molecule has 1 aliphatic rings. The number of aryl methyl sites for hydroxylation is 1. The highest BCUT2D eigenvalue weighted by molar-refractivity contribution is 6.12. The van der Waals surface area contributed by atoms with Crippen LogP contribution in [-0.2, 0) is 18.3 Å². The third kappa shape index (κ3) is 4.29. The van der Waals surface area contributed by atoms with Gasteiger partial charge in [-0.3, -0.25) is 14.7 Å². The number of hydrogen-bond acceptors (Lipinski definition) is 5. The average Bonchev–Trinajstić information content (AvgIpc) is 3.53. The minimum Gasteiger partial charge on any atom is -0.330 e. The van der Waals surface area contributed by atoms with Crippen LogP contribution in [0.4, 0.5) is 17.2 Å². The summed E-state index contributed by atoms with van der Waals surface area (Å²) in [7, 11) is 1.78. The smallest absolute Gasteiger partial charge is 0.291 e. The molecule has 5 rings (SSSR count). The van der Waals surface area contributed by atoms with Gasteiger partial charge in [-0.2, -0.15) is 5.10 Å². The van der Waals surface area contributed by atoms with E-state index in [2.05, 4.69) is 30.8 Å². The van der Waals surface area contributed by atoms with Crippen molar-refractivity contribution in [3.05, 3.63) is 89.6 Å². The van der Waals surface area contributed by atoms with Crippen LogP contribution in [0, 0.1) is 0 Å². The Morgan fingerprint density at radius 2 is 2.06 bits per heavy atom. The van der Waals surface area contributed by atoms with E-state index < -0.39 is 5.92 Å². The molecule has 2 aromatic carbocycles. The SMILES string of the molecule is Cn1ccnc1C(=O)Nc1cccc(Cc2ccc3c(c2)C(C=Nc2ccn[nH]2)C(=O)N3)c1. The molecule has 33 heavy (non-hydrogen) atoms. The Hall–Kier alpha value is -4.53. The summed E-state index contributed by atoms with van der Waals surface area (Å²) in [5.74, 6) is 0.105. The van der Waals surface area contributed by atoms with E-state index in [4.69, 9.17) is 0 Å². The number of anilines is 2. The number of fused-ring (bicyclic) bond motifs is 1. The number of H-pyrrole nitrogens is 1. The Balaban J connectivity index is 1.33. The molecule has 3 heterocycles. The Bertz CT molecular complexity index is 1350. The molecule has 4 aromatic rings. The normalized spacial score (nSPS) is 14.9. The predicted molar refractivity (Wildman–Crippen MR) is 125 cm³/mol. The van der Waals surface area contributed by atoms with Crippen molar-refractivity contribution >= 4 is 35.2 Å². The molecule has 9 nitrogen and oxygen atoms in total. The third-order valence-corrected chi connectivity index (χ3v) is 5.46. The lowest BCUT2D eigenvalue weighted by atomic mass is 9.96. The zero-order valence-corrected chi connectivity index (χ0v) is 17.8. The molecule has 0 radical (unpaired) electrons. The summed E-state index contributed by atoms with van der Waals surface area (Å²) >= 11 is 0. The number of nitrogens with zero attached hydrogens (tertiary/aromatic N) is 4. The number of benzene rings is 2. The minimum atomic E-state index is -0.466. The molecule has 164 valence electrons. The molecule has 0 fully saturated rings. The van der Waals surface area contributed by atoms with Crippen molar-refractivity contribution in [1.82, 2.24) is 19.7 Å². The van der Waals surface area contributed by atoms with E-state index in [0.29, 0.717) is 23.8 Å². The molecule has 0 spiro atoms. The van der Waals surface area contributed by atoms with Crippen molar-refractivity contribution < 1.29 is 9.59 Å². The van der Waals surface area contributed by atoms with Gasteiger partial charge >= 0.3 is 0 Å². The van der Waals surface area contributed by atoms with Crippen molar-refractivity contribution in [3.63, 3.8) is 0 Å².